The predicted octanol–water partition coefficient (Wildman–Crippen LogP) is 3.81. The molecule has 0 atom stereocenters. The highest BCUT2D eigenvalue weighted by molar-refractivity contribution is 5.95. The molecule has 0 aliphatic carbocycles. The van der Waals surface area contributed by atoms with Gasteiger partial charge in [0.1, 0.15) is 11.5 Å². The van der Waals surface area contributed by atoms with Crippen LogP contribution in [0.2, 0.25) is 0 Å². The van der Waals surface area contributed by atoms with Crippen LogP contribution in [0.25, 0.3) is 0 Å². The third-order valence-electron chi connectivity index (χ3n) is 5.07. The number of esters is 6. The average molecular weight is 574 g/mol. The van der Waals surface area contributed by atoms with Crippen molar-refractivity contribution in [3.05, 3.63) is 120 Å². The number of rotatable bonds is 12. The van der Waals surface area contributed by atoms with Crippen molar-refractivity contribution in [3.63, 3.8) is 0 Å². The molecule has 0 amide bonds. The Hall–Kier alpha value is -6.04. The first-order chi connectivity index (χ1) is 20.2. The number of ether oxygens (including phenoxy) is 6. The molecule has 3 rings (SSSR count). The fourth-order valence-electron chi connectivity index (χ4n) is 2.96. The summed E-state index contributed by atoms with van der Waals surface area (Å²) in [5.74, 6) is -4.12. The molecule has 0 heterocycles. The second-order valence-electron chi connectivity index (χ2n) is 7.84. The monoisotopic (exact) mass is 574 g/mol. The van der Waals surface area contributed by atoms with Gasteiger partial charge in [-0.05, 0) is 72.8 Å². The number of benzene rings is 3. The Kier molecular flexibility index (Phi) is 10.8. The molecular formula is C30H22O12. The van der Waals surface area contributed by atoms with Crippen LogP contribution in [0.5, 0.6) is 11.5 Å². The van der Waals surface area contributed by atoms with Gasteiger partial charge >= 0.3 is 35.8 Å². The molecule has 0 aliphatic rings. The molecular weight excluding hydrogens is 552 g/mol. The molecule has 0 bridgehead atoms. The maximum atomic E-state index is 12.5. The molecule has 3 aromatic carbocycles. The molecule has 0 spiro atoms. The van der Waals surface area contributed by atoms with Crippen molar-refractivity contribution in [1.82, 2.24) is 0 Å². The first kappa shape index (κ1) is 30.5. The van der Waals surface area contributed by atoms with Crippen molar-refractivity contribution >= 4 is 35.8 Å². The van der Waals surface area contributed by atoms with Gasteiger partial charge in [-0.15, -0.1) is 0 Å². The van der Waals surface area contributed by atoms with Gasteiger partial charge in [0, 0.05) is 12.2 Å². The third-order valence-corrected chi connectivity index (χ3v) is 5.07. The minimum Gasteiger partial charge on any atom is -0.425 e. The van der Waals surface area contributed by atoms with Gasteiger partial charge in [-0.2, -0.15) is 0 Å². The van der Waals surface area contributed by atoms with E-state index in [1.165, 1.54) is 72.8 Å². The summed E-state index contributed by atoms with van der Waals surface area (Å²) in [5, 5.41) is 0. The van der Waals surface area contributed by atoms with Gasteiger partial charge in [0.2, 0.25) is 13.6 Å². The molecule has 42 heavy (non-hydrogen) atoms. The number of carbonyl (C=O) groups excluding carboxylic acids is 6. The van der Waals surface area contributed by atoms with E-state index in [4.69, 9.17) is 18.9 Å². The Morgan fingerprint density at radius 2 is 0.738 bits per heavy atom. The summed E-state index contributed by atoms with van der Waals surface area (Å²) in [6.45, 7) is 5.27. The standard InChI is InChI=1S/C30H22O12/c1-3-25(31)37-17-39-27(33)19-5-9-21(10-6-19)29(35)41-23-13-15-24(16-14-23)42-30(36)22-11-7-20(8-12-22)28(34)40-18-38-26(32)4-2/h3-16H,1-2,17-18H2. The van der Waals surface area contributed by atoms with E-state index in [2.05, 4.69) is 22.6 Å². The van der Waals surface area contributed by atoms with Crippen molar-refractivity contribution in [2.24, 2.45) is 0 Å². The van der Waals surface area contributed by atoms with Gasteiger partial charge in [-0.1, -0.05) is 13.2 Å². The van der Waals surface area contributed by atoms with Gasteiger partial charge in [0.05, 0.1) is 22.3 Å². The van der Waals surface area contributed by atoms with E-state index in [-0.39, 0.29) is 33.8 Å². The van der Waals surface area contributed by atoms with E-state index in [1.807, 2.05) is 0 Å². The van der Waals surface area contributed by atoms with Gasteiger partial charge in [0.25, 0.3) is 0 Å². The first-order valence-corrected chi connectivity index (χ1v) is 11.9. The van der Waals surface area contributed by atoms with Crippen LogP contribution in [-0.4, -0.2) is 49.4 Å². The van der Waals surface area contributed by atoms with Crippen LogP contribution < -0.4 is 9.47 Å². The molecule has 12 heteroatoms. The largest absolute Gasteiger partial charge is 0.425 e. The molecule has 0 aliphatic heterocycles. The van der Waals surface area contributed by atoms with Crippen molar-refractivity contribution in [3.8, 4) is 11.5 Å². The predicted molar refractivity (Wildman–Crippen MR) is 142 cm³/mol. The van der Waals surface area contributed by atoms with Crippen LogP contribution in [0.3, 0.4) is 0 Å². The van der Waals surface area contributed by atoms with Crippen molar-refractivity contribution in [1.29, 1.82) is 0 Å². The fourth-order valence-corrected chi connectivity index (χ4v) is 2.96. The Morgan fingerprint density at radius 1 is 0.452 bits per heavy atom. The molecule has 0 saturated carbocycles. The molecule has 0 aromatic heterocycles. The van der Waals surface area contributed by atoms with Gasteiger partial charge in [-0.3, -0.25) is 0 Å². The first-order valence-electron chi connectivity index (χ1n) is 11.9. The summed E-state index contributed by atoms with van der Waals surface area (Å²) < 4.78 is 29.3. The highest BCUT2D eigenvalue weighted by Gasteiger charge is 2.15. The van der Waals surface area contributed by atoms with Crippen LogP contribution in [0, 0.1) is 0 Å². The number of carbonyl (C=O) groups is 6. The maximum absolute atomic E-state index is 12.5. The minimum absolute atomic E-state index is 0.119. The summed E-state index contributed by atoms with van der Waals surface area (Å²) in [7, 11) is 0. The van der Waals surface area contributed by atoms with Crippen LogP contribution in [0.4, 0.5) is 0 Å². The van der Waals surface area contributed by atoms with Crippen LogP contribution in [0.1, 0.15) is 41.4 Å². The van der Waals surface area contributed by atoms with Crippen molar-refractivity contribution < 1.29 is 57.2 Å². The summed E-state index contributed by atoms with van der Waals surface area (Å²) in [6, 6.07) is 16.4. The minimum atomic E-state index is -0.765. The zero-order chi connectivity index (χ0) is 30.5. The topological polar surface area (TPSA) is 158 Å². The van der Waals surface area contributed by atoms with Crippen molar-refractivity contribution in [2.75, 3.05) is 13.6 Å². The van der Waals surface area contributed by atoms with Crippen LogP contribution >= 0.6 is 0 Å². The van der Waals surface area contributed by atoms with E-state index < -0.39 is 49.4 Å². The Balaban J connectivity index is 1.49. The number of hydrogen-bond acceptors (Lipinski definition) is 12. The lowest BCUT2D eigenvalue weighted by atomic mass is 10.1. The summed E-state index contributed by atoms with van der Waals surface area (Å²) in [4.78, 5) is 70.8. The second-order valence-corrected chi connectivity index (χ2v) is 7.84. The smallest absolute Gasteiger partial charge is 0.343 e. The lowest BCUT2D eigenvalue weighted by molar-refractivity contribution is -0.147. The lowest BCUT2D eigenvalue weighted by Crippen LogP contribution is -2.13. The molecule has 0 unspecified atom stereocenters. The summed E-state index contributed by atoms with van der Waals surface area (Å²) in [6.07, 6.45) is 1.85. The van der Waals surface area contributed by atoms with E-state index >= 15 is 0 Å². The quantitative estimate of drug-likeness (QED) is 0.133. The normalized spacial score (nSPS) is 9.90. The zero-order valence-corrected chi connectivity index (χ0v) is 21.8. The van der Waals surface area contributed by atoms with Crippen LogP contribution in [0.15, 0.2) is 98.1 Å². The second kappa shape index (κ2) is 14.9. The van der Waals surface area contributed by atoms with Gasteiger partial charge < -0.3 is 28.4 Å². The fraction of sp³-hybridized carbons (Fsp3) is 0.0667. The van der Waals surface area contributed by atoms with E-state index in [0.717, 1.165) is 12.2 Å². The molecule has 0 radical (unpaired) electrons. The van der Waals surface area contributed by atoms with Gasteiger partial charge in [0.15, 0.2) is 0 Å². The Labute approximate surface area is 238 Å². The van der Waals surface area contributed by atoms with Crippen LogP contribution in [-0.2, 0) is 28.5 Å². The maximum Gasteiger partial charge on any atom is 0.343 e. The zero-order valence-electron chi connectivity index (χ0n) is 21.8. The Morgan fingerprint density at radius 3 is 1.02 bits per heavy atom. The molecule has 214 valence electrons. The highest BCUT2D eigenvalue weighted by atomic mass is 16.7. The van der Waals surface area contributed by atoms with E-state index in [1.54, 1.807) is 0 Å². The average Bonchev–Trinajstić information content (AvgIpc) is 3.01. The van der Waals surface area contributed by atoms with E-state index in [0.29, 0.717) is 0 Å². The lowest BCUT2D eigenvalue weighted by Gasteiger charge is -2.08. The third kappa shape index (κ3) is 9.02. The summed E-state index contributed by atoms with van der Waals surface area (Å²) >= 11 is 0. The SMILES string of the molecule is C=CC(=O)OCOC(=O)c1ccc(C(=O)Oc2ccc(OC(=O)c3ccc(C(=O)OCOC(=O)C=C)cc3)cc2)cc1. The van der Waals surface area contributed by atoms with E-state index in [9.17, 15) is 28.8 Å². The Bertz CT molecular complexity index is 1370. The molecule has 0 saturated heterocycles. The van der Waals surface area contributed by atoms with Gasteiger partial charge in [-0.25, -0.2) is 28.8 Å². The molecule has 12 nitrogen and oxygen atoms in total. The molecule has 0 fully saturated rings. The highest BCUT2D eigenvalue weighted by Crippen LogP contribution is 2.20. The molecule has 3 aromatic rings. The molecule has 0 N–H and O–H groups in total. The number of hydrogen-bond donors (Lipinski definition) is 0. The van der Waals surface area contributed by atoms with Crippen molar-refractivity contribution in [2.45, 2.75) is 0 Å². The summed E-state index contributed by atoms with van der Waals surface area (Å²) in [5.41, 5.74) is 0.525.